The SMILES string of the molecule is CN=C(NCCCc1cnn(C)c1)NCC(c1cccs1)N1CCC(C)CC1. The Morgan fingerprint density at radius 2 is 2.18 bits per heavy atom. The highest BCUT2D eigenvalue weighted by Gasteiger charge is 2.25. The number of hydrogen-bond donors (Lipinski definition) is 2. The molecule has 154 valence electrons. The van der Waals surface area contributed by atoms with Crippen LogP contribution in [0.5, 0.6) is 0 Å². The predicted molar refractivity (Wildman–Crippen MR) is 118 cm³/mol. The minimum Gasteiger partial charge on any atom is -0.356 e. The zero-order valence-corrected chi connectivity index (χ0v) is 18.2. The van der Waals surface area contributed by atoms with Crippen molar-refractivity contribution in [1.29, 1.82) is 0 Å². The molecule has 0 spiro atoms. The van der Waals surface area contributed by atoms with E-state index in [4.69, 9.17) is 0 Å². The van der Waals surface area contributed by atoms with Crippen LogP contribution in [0, 0.1) is 5.92 Å². The first-order chi connectivity index (χ1) is 13.7. The lowest BCUT2D eigenvalue weighted by molar-refractivity contribution is 0.140. The van der Waals surface area contributed by atoms with Crippen molar-refractivity contribution in [3.63, 3.8) is 0 Å². The smallest absolute Gasteiger partial charge is 0.191 e. The van der Waals surface area contributed by atoms with E-state index in [1.54, 1.807) is 0 Å². The van der Waals surface area contributed by atoms with Gasteiger partial charge >= 0.3 is 0 Å². The van der Waals surface area contributed by atoms with Gasteiger partial charge in [-0.15, -0.1) is 11.3 Å². The number of aliphatic imine (C=N–C) groups is 1. The third kappa shape index (κ3) is 6.07. The lowest BCUT2D eigenvalue weighted by Gasteiger charge is -2.36. The zero-order valence-electron chi connectivity index (χ0n) is 17.4. The Kier molecular flexibility index (Phi) is 7.91. The van der Waals surface area contributed by atoms with Crippen molar-refractivity contribution in [2.45, 2.75) is 38.6 Å². The van der Waals surface area contributed by atoms with E-state index < -0.39 is 0 Å². The third-order valence-corrected chi connectivity index (χ3v) is 6.48. The Balaban J connectivity index is 1.47. The minimum atomic E-state index is 0.418. The maximum absolute atomic E-state index is 4.41. The maximum Gasteiger partial charge on any atom is 0.191 e. The Morgan fingerprint density at radius 3 is 2.82 bits per heavy atom. The molecule has 0 radical (unpaired) electrons. The molecule has 28 heavy (non-hydrogen) atoms. The lowest BCUT2D eigenvalue weighted by Crippen LogP contribution is -2.45. The van der Waals surface area contributed by atoms with Gasteiger partial charge in [0.25, 0.3) is 0 Å². The summed E-state index contributed by atoms with van der Waals surface area (Å²) < 4.78 is 1.86. The molecule has 6 nitrogen and oxygen atoms in total. The first-order valence-corrected chi connectivity index (χ1v) is 11.2. The van der Waals surface area contributed by atoms with Crippen LogP contribution in [-0.4, -0.2) is 53.9 Å². The van der Waals surface area contributed by atoms with Crippen LogP contribution >= 0.6 is 11.3 Å². The zero-order chi connectivity index (χ0) is 19.8. The molecule has 0 amide bonds. The molecule has 1 unspecified atom stereocenters. The summed E-state index contributed by atoms with van der Waals surface area (Å²) in [4.78, 5) is 8.48. The Labute approximate surface area is 173 Å². The second kappa shape index (κ2) is 10.6. The topological polar surface area (TPSA) is 57.5 Å². The fourth-order valence-corrected chi connectivity index (χ4v) is 4.61. The Morgan fingerprint density at radius 1 is 1.36 bits per heavy atom. The van der Waals surface area contributed by atoms with Crippen LogP contribution in [-0.2, 0) is 13.5 Å². The molecule has 7 heteroatoms. The molecular formula is C21H34N6S. The normalized spacial score (nSPS) is 17.6. The van der Waals surface area contributed by atoms with Crippen molar-refractivity contribution >= 4 is 17.3 Å². The molecular weight excluding hydrogens is 368 g/mol. The van der Waals surface area contributed by atoms with E-state index in [1.807, 2.05) is 36.3 Å². The number of nitrogens with one attached hydrogen (secondary N) is 2. The van der Waals surface area contributed by atoms with E-state index in [0.29, 0.717) is 6.04 Å². The molecule has 1 atom stereocenters. The summed E-state index contributed by atoms with van der Waals surface area (Å²) in [5, 5.41) is 13.4. The van der Waals surface area contributed by atoms with Crippen LogP contribution in [0.2, 0.25) is 0 Å². The summed E-state index contributed by atoms with van der Waals surface area (Å²) in [6, 6.07) is 4.84. The van der Waals surface area contributed by atoms with E-state index in [-0.39, 0.29) is 0 Å². The fraction of sp³-hybridized carbons (Fsp3) is 0.619. The van der Waals surface area contributed by atoms with Crippen molar-refractivity contribution in [3.05, 3.63) is 40.3 Å². The van der Waals surface area contributed by atoms with Crippen molar-refractivity contribution in [2.75, 3.05) is 33.2 Å². The summed E-state index contributed by atoms with van der Waals surface area (Å²) in [7, 11) is 3.81. The van der Waals surface area contributed by atoms with E-state index in [9.17, 15) is 0 Å². The summed E-state index contributed by atoms with van der Waals surface area (Å²) in [6.07, 6.45) is 8.70. The molecule has 3 rings (SSSR count). The van der Waals surface area contributed by atoms with Gasteiger partial charge in [0.1, 0.15) is 0 Å². The minimum absolute atomic E-state index is 0.418. The quantitative estimate of drug-likeness (QED) is 0.405. The third-order valence-electron chi connectivity index (χ3n) is 5.51. The predicted octanol–water partition coefficient (Wildman–Crippen LogP) is 3.05. The summed E-state index contributed by atoms with van der Waals surface area (Å²) in [5.41, 5.74) is 1.28. The molecule has 2 N–H and O–H groups in total. The number of guanidine groups is 1. The van der Waals surface area contributed by atoms with Gasteiger partial charge in [0.05, 0.1) is 12.2 Å². The molecule has 1 aliphatic heterocycles. The molecule has 2 aromatic heterocycles. The molecule has 2 aromatic rings. The van der Waals surface area contributed by atoms with Crippen molar-refractivity contribution in [3.8, 4) is 0 Å². The molecule has 0 aliphatic carbocycles. The number of aryl methyl sites for hydroxylation is 2. The largest absolute Gasteiger partial charge is 0.356 e. The van der Waals surface area contributed by atoms with Gasteiger partial charge in [-0.25, -0.2) is 0 Å². The number of nitrogens with zero attached hydrogens (tertiary/aromatic N) is 4. The van der Waals surface area contributed by atoms with Crippen LogP contribution < -0.4 is 10.6 Å². The molecule has 1 fully saturated rings. The highest BCUT2D eigenvalue weighted by molar-refractivity contribution is 7.10. The molecule has 1 aliphatic rings. The van der Waals surface area contributed by atoms with Gasteiger partial charge in [-0.05, 0) is 61.7 Å². The Hall–Kier alpha value is -1.86. The Bertz CT molecular complexity index is 715. The highest BCUT2D eigenvalue weighted by atomic mass is 32.1. The average Bonchev–Trinajstić information content (AvgIpc) is 3.37. The number of rotatable bonds is 8. The van der Waals surface area contributed by atoms with Gasteiger partial charge in [0, 0.05) is 38.3 Å². The highest BCUT2D eigenvalue weighted by Crippen LogP contribution is 2.29. The van der Waals surface area contributed by atoms with E-state index in [0.717, 1.165) is 37.8 Å². The molecule has 0 bridgehead atoms. The van der Waals surface area contributed by atoms with E-state index >= 15 is 0 Å². The maximum atomic E-state index is 4.41. The molecule has 0 aromatic carbocycles. The van der Waals surface area contributed by atoms with Gasteiger partial charge in [-0.1, -0.05) is 13.0 Å². The van der Waals surface area contributed by atoms with Crippen molar-refractivity contribution in [1.82, 2.24) is 25.3 Å². The van der Waals surface area contributed by atoms with E-state index in [1.165, 1.54) is 36.4 Å². The number of piperidine rings is 1. The number of thiophene rings is 1. The van der Waals surface area contributed by atoms with Gasteiger partial charge in [-0.3, -0.25) is 14.6 Å². The number of hydrogen-bond acceptors (Lipinski definition) is 4. The van der Waals surface area contributed by atoms with Crippen molar-refractivity contribution in [2.24, 2.45) is 18.0 Å². The monoisotopic (exact) mass is 402 g/mol. The van der Waals surface area contributed by atoms with Crippen molar-refractivity contribution < 1.29 is 0 Å². The second-order valence-corrected chi connectivity index (χ2v) is 8.73. The van der Waals surface area contributed by atoms with Crippen LogP contribution in [0.1, 0.15) is 42.7 Å². The van der Waals surface area contributed by atoms with Crippen LogP contribution in [0.4, 0.5) is 0 Å². The molecule has 1 saturated heterocycles. The molecule has 3 heterocycles. The van der Waals surface area contributed by atoms with Gasteiger partial charge < -0.3 is 10.6 Å². The first-order valence-electron chi connectivity index (χ1n) is 10.3. The van der Waals surface area contributed by atoms with Gasteiger partial charge in [-0.2, -0.15) is 5.10 Å². The standard InChI is InChI=1S/C21H34N6S/c1-17-8-11-27(12-9-17)19(20-7-5-13-28-20)15-24-21(22-2)23-10-4-6-18-14-25-26(3)16-18/h5,7,13-14,16-17,19H,4,6,8-12,15H2,1-3H3,(H2,22,23,24). The second-order valence-electron chi connectivity index (χ2n) is 7.76. The fourth-order valence-electron chi connectivity index (χ4n) is 3.74. The summed E-state index contributed by atoms with van der Waals surface area (Å²) in [6.45, 7) is 6.52. The summed E-state index contributed by atoms with van der Waals surface area (Å²) >= 11 is 1.86. The van der Waals surface area contributed by atoms with Crippen LogP contribution in [0.3, 0.4) is 0 Å². The number of likely N-dealkylation sites (tertiary alicyclic amines) is 1. The average molecular weight is 403 g/mol. The summed E-state index contributed by atoms with van der Waals surface area (Å²) in [5.74, 6) is 1.74. The van der Waals surface area contributed by atoms with Gasteiger partial charge in [0.15, 0.2) is 5.96 Å². The lowest BCUT2D eigenvalue weighted by atomic mass is 9.97. The number of aromatic nitrogens is 2. The molecule has 0 saturated carbocycles. The van der Waals surface area contributed by atoms with Crippen LogP contribution in [0.15, 0.2) is 34.9 Å². The first kappa shape index (κ1) is 20.9. The van der Waals surface area contributed by atoms with E-state index in [2.05, 4.69) is 56.3 Å². The van der Waals surface area contributed by atoms with Crippen LogP contribution in [0.25, 0.3) is 0 Å². The van der Waals surface area contributed by atoms with Gasteiger partial charge in [0.2, 0.25) is 0 Å².